The van der Waals surface area contributed by atoms with Crippen LogP contribution < -0.4 is 5.30 Å². The van der Waals surface area contributed by atoms with Gasteiger partial charge in [-0.15, -0.1) is 0 Å². The average molecular weight is 264 g/mol. The first kappa shape index (κ1) is 12.4. The Morgan fingerprint density at radius 1 is 1.06 bits per heavy atom. The monoisotopic (exact) mass is 264 g/mol. The summed E-state index contributed by atoms with van der Waals surface area (Å²) < 4.78 is 18.0. The maximum Gasteiger partial charge on any atom is 0.246 e. The van der Waals surface area contributed by atoms with Crippen LogP contribution in [0.5, 0.6) is 0 Å². The largest absolute Gasteiger partial charge is 0.283 e. The number of nitrogens with zero attached hydrogens (tertiary/aromatic N) is 2. The van der Waals surface area contributed by atoms with Crippen LogP contribution in [0.1, 0.15) is 26.7 Å². The molecule has 2 heterocycles. The lowest BCUT2D eigenvalue weighted by Crippen LogP contribution is -2.19. The number of hydrogen-bond donors (Lipinski definition) is 0. The second-order valence-corrected chi connectivity index (χ2v) is 7.88. The van der Waals surface area contributed by atoms with E-state index in [1.165, 1.54) is 0 Å². The highest BCUT2D eigenvalue weighted by atomic mass is 31.2. The SMILES string of the molecule is CCC1CN1P(=O)(c1ccccc1)N1CC1CC. The molecule has 4 unspecified atom stereocenters. The topological polar surface area (TPSA) is 23.1 Å². The van der Waals surface area contributed by atoms with Gasteiger partial charge in [0.2, 0.25) is 7.44 Å². The first-order valence-corrected chi connectivity index (χ1v) is 8.53. The van der Waals surface area contributed by atoms with E-state index in [0.29, 0.717) is 12.1 Å². The van der Waals surface area contributed by atoms with E-state index < -0.39 is 7.44 Å². The third kappa shape index (κ3) is 1.85. The molecule has 1 aromatic rings. The molecule has 2 fully saturated rings. The zero-order chi connectivity index (χ0) is 12.8. The highest BCUT2D eigenvalue weighted by Gasteiger charge is 2.57. The van der Waals surface area contributed by atoms with E-state index in [9.17, 15) is 4.57 Å². The van der Waals surface area contributed by atoms with Crippen molar-refractivity contribution in [2.45, 2.75) is 38.8 Å². The zero-order valence-corrected chi connectivity index (χ0v) is 12.0. The highest BCUT2D eigenvalue weighted by molar-refractivity contribution is 7.67. The molecule has 4 atom stereocenters. The van der Waals surface area contributed by atoms with Gasteiger partial charge in [-0.05, 0) is 25.0 Å². The van der Waals surface area contributed by atoms with Crippen LogP contribution in [0.2, 0.25) is 0 Å². The van der Waals surface area contributed by atoms with E-state index >= 15 is 0 Å². The summed E-state index contributed by atoms with van der Waals surface area (Å²) >= 11 is 0. The maximum atomic E-state index is 13.5. The van der Waals surface area contributed by atoms with Crippen LogP contribution in [-0.4, -0.2) is 34.5 Å². The molecule has 0 spiro atoms. The smallest absolute Gasteiger partial charge is 0.246 e. The second kappa shape index (κ2) is 4.48. The molecule has 0 aliphatic carbocycles. The van der Waals surface area contributed by atoms with Gasteiger partial charge in [-0.1, -0.05) is 32.0 Å². The first-order valence-electron chi connectivity index (χ1n) is 6.91. The third-order valence-corrected chi connectivity index (χ3v) is 7.45. The highest BCUT2D eigenvalue weighted by Crippen LogP contribution is 2.64. The van der Waals surface area contributed by atoms with Crippen LogP contribution >= 0.6 is 7.44 Å². The number of hydrogen-bond acceptors (Lipinski definition) is 1. The van der Waals surface area contributed by atoms with Gasteiger partial charge in [0.05, 0.1) is 0 Å². The Hall–Kier alpha value is -0.630. The summed E-state index contributed by atoms with van der Waals surface area (Å²) in [6.45, 7) is 6.35. The normalized spacial score (nSPS) is 37.0. The van der Waals surface area contributed by atoms with Gasteiger partial charge in [0.25, 0.3) is 0 Å². The summed E-state index contributed by atoms with van der Waals surface area (Å²) in [5.41, 5.74) is 0. The van der Waals surface area contributed by atoms with Gasteiger partial charge in [0.15, 0.2) is 0 Å². The molecule has 0 bridgehead atoms. The molecule has 0 amide bonds. The van der Waals surface area contributed by atoms with E-state index in [-0.39, 0.29) is 0 Å². The van der Waals surface area contributed by atoms with Crippen LogP contribution in [0, 0.1) is 0 Å². The molecule has 18 heavy (non-hydrogen) atoms. The minimum absolute atomic E-state index is 0.522. The Kier molecular flexibility index (Phi) is 3.09. The minimum Gasteiger partial charge on any atom is -0.283 e. The molecular weight excluding hydrogens is 243 g/mol. The van der Waals surface area contributed by atoms with Gasteiger partial charge in [-0.3, -0.25) is 4.57 Å². The fourth-order valence-corrected chi connectivity index (χ4v) is 6.23. The maximum absolute atomic E-state index is 13.5. The van der Waals surface area contributed by atoms with Crippen molar-refractivity contribution >= 4 is 12.7 Å². The van der Waals surface area contributed by atoms with E-state index in [1.54, 1.807) is 0 Å². The van der Waals surface area contributed by atoms with Crippen LogP contribution in [0.4, 0.5) is 0 Å². The zero-order valence-electron chi connectivity index (χ0n) is 11.1. The molecule has 0 aromatic heterocycles. The lowest BCUT2D eigenvalue weighted by atomic mass is 10.4. The molecular formula is C14H21N2OP. The summed E-state index contributed by atoms with van der Waals surface area (Å²) in [5, 5.41) is 1.01. The van der Waals surface area contributed by atoms with Crippen molar-refractivity contribution in [3.05, 3.63) is 30.3 Å². The van der Waals surface area contributed by atoms with Crippen LogP contribution in [0.15, 0.2) is 30.3 Å². The Morgan fingerprint density at radius 2 is 1.56 bits per heavy atom. The Morgan fingerprint density at radius 3 is 1.94 bits per heavy atom. The molecule has 2 saturated heterocycles. The van der Waals surface area contributed by atoms with E-state index in [1.807, 2.05) is 30.3 Å². The number of benzene rings is 1. The Bertz CT molecular complexity index is 454. The van der Waals surface area contributed by atoms with Gasteiger partial charge >= 0.3 is 0 Å². The van der Waals surface area contributed by atoms with Crippen molar-refractivity contribution in [3.8, 4) is 0 Å². The summed E-state index contributed by atoms with van der Waals surface area (Å²) in [4.78, 5) is 0. The summed E-state index contributed by atoms with van der Waals surface area (Å²) in [7, 11) is -2.47. The minimum atomic E-state index is -2.47. The Labute approximate surface area is 109 Å². The first-order chi connectivity index (χ1) is 8.71. The predicted octanol–water partition coefficient (Wildman–Crippen LogP) is 2.69. The molecule has 0 N–H and O–H groups in total. The van der Waals surface area contributed by atoms with Gasteiger partial charge in [0, 0.05) is 30.5 Å². The van der Waals surface area contributed by atoms with Crippen LogP contribution in [-0.2, 0) is 4.57 Å². The van der Waals surface area contributed by atoms with Crippen molar-refractivity contribution in [1.29, 1.82) is 0 Å². The van der Waals surface area contributed by atoms with Crippen LogP contribution in [0.3, 0.4) is 0 Å². The lowest BCUT2D eigenvalue weighted by molar-refractivity contribution is 0.508. The van der Waals surface area contributed by atoms with Crippen LogP contribution in [0.25, 0.3) is 0 Å². The Balaban J connectivity index is 1.93. The molecule has 3 nitrogen and oxygen atoms in total. The standard InChI is InChI=1S/C14H21N2OP/c1-3-12-10-15(12)18(17,16-11-13(16)4-2)14-8-6-5-7-9-14/h5-9,12-13H,3-4,10-11H2,1-2H3. The molecule has 3 rings (SSSR count). The fourth-order valence-electron chi connectivity index (χ4n) is 2.75. The van der Waals surface area contributed by atoms with Crippen molar-refractivity contribution in [3.63, 3.8) is 0 Å². The molecule has 0 saturated carbocycles. The third-order valence-electron chi connectivity index (χ3n) is 4.10. The van der Waals surface area contributed by atoms with Gasteiger partial charge in [-0.25, -0.2) is 9.34 Å². The molecule has 4 heteroatoms. The van der Waals surface area contributed by atoms with Crippen molar-refractivity contribution < 1.29 is 4.57 Å². The van der Waals surface area contributed by atoms with Gasteiger partial charge in [-0.2, -0.15) is 0 Å². The van der Waals surface area contributed by atoms with Crippen molar-refractivity contribution in [1.82, 2.24) is 9.34 Å². The number of rotatable bonds is 5. The van der Waals surface area contributed by atoms with Crippen molar-refractivity contribution in [2.75, 3.05) is 13.1 Å². The molecule has 2 aliphatic heterocycles. The average Bonchev–Trinajstić information content (AvgIpc) is 3.30. The molecule has 0 radical (unpaired) electrons. The van der Waals surface area contributed by atoms with E-state index in [0.717, 1.165) is 31.2 Å². The summed E-state index contributed by atoms with van der Waals surface area (Å²) in [6.07, 6.45) is 2.20. The van der Waals surface area contributed by atoms with E-state index in [2.05, 4.69) is 23.2 Å². The molecule has 2 aliphatic rings. The summed E-state index contributed by atoms with van der Waals surface area (Å²) in [5.74, 6) is 0. The summed E-state index contributed by atoms with van der Waals surface area (Å²) in [6, 6.07) is 11.1. The fraction of sp³-hybridized carbons (Fsp3) is 0.571. The van der Waals surface area contributed by atoms with E-state index in [4.69, 9.17) is 0 Å². The molecule has 98 valence electrons. The van der Waals surface area contributed by atoms with Crippen molar-refractivity contribution in [2.24, 2.45) is 0 Å². The predicted molar refractivity (Wildman–Crippen MR) is 75.3 cm³/mol. The molecule has 1 aromatic carbocycles. The second-order valence-electron chi connectivity index (χ2n) is 5.25. The lowest BCUT2D eigenvalue weighted by Gasteiger charge is -2.22. The van der Waals surface area contributed by atoms with Gasteiger partial charge < -0.3 is 0 Å². The quantitative estimate of drug-likeness (QED) is 0.603. The van der Waals surface area contributed by atoms with Gasteiger partial charge in [0.1, 0.15) is 0 Å².